The summed E-state index contributed by atoms with van der Waals surface area (Å²) in [7, 11) is 0. The van der Waals surface area contributed by atoms with Gasteiger partial charge in [0.2, 0.25) is 0 Å². The average Bonchev–Trinajstić information content (AvgIpc) is 2.38. The number of hydrogen-bond acceptors (Lipinski definition) is 3. The number of benzene rings is 1. The molecule has 0 spiro atoms. The van der Waals surface area contributed by atoms with E-state index in [1.54, 1.807) is 18.2 Å². The Morgan fingerprint density at radius 2 is 2.06 bits per heavy atom. The maximum Gasteiger partial charge on any atom is 0.382 e. The van der Waals surface area contributed by atoms with Crippen LogP contribution in [0.4, 0.5) is 8.78 Å². The summed E-state index contributed by atoms with van der Waals surface area (Å²) in [5.74, 6) is -5.24. The van der Waals surface area contributed by atoms with Crippen LogP contribution >= 0.6 is 0 Å². The highest BCUT2D eigenvalue weighted by molar-refractivity contribution is 5.91. The lowest BCUT2D eigenvalue weighted by atomic mass is 10.0. The number of hydrogen-bond donors (Lipinski definition) is 0. The number of esters is 1. The summed E-state index contributed by atoms with van der Waals surface area (Å²) in [5, 5.41) is 0.851. The van der Waals surface area contributed by atoms with Crippen LogP contribution in [0.2, 0.25) is 0 Å². The predicted molar refractivity (Wildman–Crippen MR) is 62.3 cm³/mol. The molecule has 0 amide bonds. The van der Waals surface area contributed by atoms with Crippen molar-refractivity contribution in [2.24, 2.45) is 0 Å². The molecule has 1 aromatic heterocycles. The van der Waals surface area contributed by atoms with Gasteiger partial charge in [-0.3, -0.25) is 4.98 Å². The van der Waals surface area contributed by atoms with Crippen molar-refractivity contribution in [3.63, 3.8) is 0 Å². The minimum absolute atomic E-state index is 0.0907. The largest absolute Gasteiger partial charge is 0.461 e. The number of ether oxygens (including phenoxy) is 1. The maximum absolute atomic E-state index is 14.0. The SMILES string of the molecule is CCOC(=O)C(F)(F)c1cncc2ccccc12. The lowest BCUT2D eigenvalue weighted by Crippen LogP contribution is -2.28. The van der Waals surface area contributed by atoms with Crippen LogP contribution in [-0.4, -0.2) is 17.6 Å². The van der Waals surface area contributed by atoms with Gasteiger partial charge >= 0.3 is 11.9 Å². The molecule has 0 saturated carbocycles. The van der Waals surface area contributed by atoms with Crippen molar-refractivity contribution < 1.29 is 18.3 Å². The zero-order valence-electron chi connectivity index (χ0n) is 9.69. The highest BCUT2D eigenvalue weighted by Gasteiger charge is 2.44. The number of halogens is 2. The van der Waals surface area contributed by atoms with Crippen molar-refractivity contribution in [3.8, 4) is 0 Å². The monoisotopic (exact) mass is 251 g/mol. The molecular formula is C13H11F2NO2. The molecule has 1 heterocycles. The molecule has 0 atom stereocenters. The van der Waals surface area contributed by atoms with E-state index in [9.17, 15) is 13.6 Å². The molecule has 2 rings (SSSR count). The third kappa shape index (κ3) is 2.03. The average molecular weight is 251 g/mol. The van der Waals surface area contributed by atoms with E-state index in [1.165, 1.54) is 19.2 Å². The molecule has 0 saturated heterocycles. The van der Waals surface area contributed by atoms with Gasteiger partial charge in [0.15, 0.2) is 0 Å². The molecule has 2 aromatic rings. The Morgan fingerprint density at radius 3 is 2.78 bits per heavy atom. The number of alkyl halides is 2. The molecule has 0 aliphatic heterocycles. The second-order valence-electron chi connectivity index (χ2n) is 3.70. The van der Waals surface area contributed by atoms with Gasteiger partial charge < -0.3 is 4.74 Å². The molecule has 1 aromatic carbocycles. The van der Waals surface area contributed by atoms with Crippen molar-refractivity contribution in [1.82, 2.24) is 4.98 Å². The minimum atomic E-state index is -3.69. The Labute approximate surface area is 102 Å². The lowest BCUT2D eigenvalue weighted by Gasteiger charge is -2.16. The Morgan fingerprint density at radius 1 is 1.33 bits per heavy atom. The van der Waals surface area contributed by atoms with Crippen molar-refractivity contribution in [2.45, 2.75) is 12.8 Å². The zero-order chi connectivity index (χ0) is 13.2. The van der Waals surface area contributed by atoms with Crippen LogP contribution < -0.4 is 0 Å². The van der Waals surface area contributed by atoms with Crippen LogP contribution in [0.15, 0.2) is 36.7 Å². The van der Waals surface area contributed by atoms with E-state index in [2.05, 4.69) is 9.72 Å². The molecule has 94 valence electrons. The van der Waals surface area contributed by atoms with Crippen molar-refractivity contribution in [3.05, 3.63) is 42.2 Å². The third-order valence-corrected chi connectivity index (χ3v) is 2.54. The van der Waals surface area contributed by atoms with Gasteiger partial charge in [-0.05, 0) is 12.3 Å². The topological polar surface area (TPSA) is 39.2 Å². The Hall–Kier alpha value is -2.04. The molecule has 0 aliphatic carbocycles. The molecular weight excluding hydrogens is 240 g/mol. The predicted octanol–water partition coefficient (Wildman–Crippen LogP) is 2.89. The van der Waals surface area contributed by atoms with Crippen LogP contribution in [0.3, 0.4) is 0 Å². The van der Waals surface area contributed by atoms with Gasteiger partial charge in [-0.2, -0.15) is 8.78 Å². The second kappa shape index (κ2) is 4.68. The van der Waals surface area contributed by atoms with Crippen molar-refractivity contribution in [2.75, 3.05) is 6.61 Å². The van der Waals surface area contributed by atoms with E-state index in [-0.39, 0.29) is 6.61 Å². The summed E-state index contributed by atoms with van der Waals surface area (Å²) < 4.78 is 32.3. The van der Waals surface area contributed by atoms with E-state index >= 15 is 0 Å². The fraction of sp³-hybridized carbons (Fsp3) is 0.231. The van der Waals surface area contributed by atoms with Gasteiger partial charge in [0, 0.05) is 17.8 Å². The summed E-state index contributed by atoms with van der Waals surface area (Å²) in [6.07, 6.45) is 2.47. The second-order valence-corrected chi connectivity index (χ2v) is 3.70. The van der Waals surface area contributed by atoms with Crippen molar-refractivity contribution >= 4 is 16.7 Å². The number of nitrogens with zero attached hydrogens (tertiary/aromatic N) is 1. The van der Waals surface area contributed by atoms with E-state index in [0.717, 1.165) is 6.20 Å². The number of carbonyl (C=O) groups excluding carboxylic acids is 1. The number of carbonyl (C=O) groups is 1. The van der Waals surface area contributed by atoms with Crippen molar-refractivity contribution in [1.29, 1.82) is 0 Å². The summed E-state index contributed by atoms with van der Waals surface area (Å²) in [6, 6.07) is 6.54. The first-order chi connectivity index (χ1) is 8.57. The van der Waals surface area contributed by atoms with Crippen LogP contribution in [0.25, 0.3) is 10.8 Å². The summed E-state index contributed by atoms with van der Waals surface area (Å²) in [4.78, 5) is 15.0. The lowest BCUT2D eigenvalue weighted by molar-refractivity contribution is -0.172. The first-order valence-corrected chi connectivity index (χ1v) is 5.45. The zero-order valence-corrected chi connectivity index (χ0v) is 9.69. The standard InChI is InChI=1S/C13H11F2NO2/c1-2-18-12(17)13(14,15)11-8-16-7-9-5-3-4-6-10(9)11/h3-8H,2H2,1H3. The van der Waals surface area contributed by atoms with Gasteiger partial charge in [-0.15, -0.1) is 0 Å². The van der Waals surface area contributed by atoms with Gasteiger partial charge in [0.05, 0.1) is 12.2 Å². The summed E-state index contributed by atoms with van der Waals surface area (Å²) >= 11 is 0. The summed E-state index contributed by atoms with van der Waals surface area (Å²) in [6.45, 7) is 1.39. The molecule has 0 unspecified atom stereocenters. The van der Waals surface area contributed by atoms with Crippen LogP contribution in [-0.2, 0) is 15.5 Å². The van der Waals surface area contributed by atoms with Crippen LogP contribution in [0, 0.1) is 0 Å². The fourth-order valence-corrected chi connectivity index (χ4v) is 1.70. The first kappa shape index (κ1) is 12.4. The number of pyridine rings is 1. The molecule has 0 bridgehead atoms. The number of fused-ring (bicyclic) bond motifs is 1. The van der Waals surface area contributed by atoms with E-state index < -0.39 is 17.5 Å². The maximum atomic E-state index is 14.0. The quantitative estimate of drug-likeness (QED) is 0.787. The molecule has 3 nitrogen and oxygen atoms in total. The van der Waals surface area contributed by atoms with Gasteiger partial charge in [0.25, 0.3) is 0 Å². The van der Waals surface area contributed by atoms with Crippen LogP contribution in [0.1, 0.15) is 12.5 Å². The van der Waals surface area contributed by atoms with E-state index in [1.807, 2.05) is 0 Å². The molecule has 0 N–H and O–H groups in total. The first-order valence-electron chi connectivity index (χ1n) is 5.45. The Kier molecular flexibility index (Phi) is 3.23. The highest BCUT2D eigenvalue weighted by atomic mass is 19.3. The Balaban J connectivity index is 2.56. The summed E-state index contributed by atoms with van der Waals surface area (Å²) in [5.41, 5.74) is -0.431. The molecule has 0 radical (unpaired) electrons. The number of aromatic nitrogens is 1. The van der Waals surface area contributed by atoms with Gasteiger partial charge in [0.1, 0.15) is 0 Å². The minimum Gasteiger partial charge on any atom is -0.461 e. The fourth-order valence-electron chi connectivity index (χ4n) is 1.70. The Bertz CT molecular complexity index is 579. The van der Waals surface area contributed by atoms with Gasteiger partial charge in [-0.1, -0.05) is 24.3 Å². The molecule has 5 heteroatoms. The molecule has 18 heavy (non-hydrogen) atoms. The molecule has 0 aliphatic rings. The smallest absolute Gasteiger partial charge is 0.382 e. The normalized spacial score (nSPS) is 11.5. The number of rotatable bonds is 3. The van der Waals surface area contributed by atoms with Crippen LogP contribution in [0.5, 0.6) is 0 Å². The van der Waals surface area contributed by atoms with E-state index in [4.69, 9.17) is 0 Å². The highest BCUT2D eigenvalue weighted by Crippen LogP contribution is 2.33. The van der Waals surface area contributed by atoms with E-state index in [0.29, 0.717) is 10.8 Å². The molecule has 0 fully saturated rings. The third-order valence-electron chi connectivity index (χ3n) is 2.54. The van der Waals surface area contributed by atoms with Gasteiger partial charge in [-0.25, -0.2) is 4.79 Å².